The summed E-state index contributed by atoms with van der Waals surface area (Å²) < 4.78 is 20.4. The molecule has 2 fully saturated rings. The van der Waals surface area contributed by atoms with Crippen LogP contribution in [0.15, 0.2) is 60.7 Å². The summed E-state index contributed by atoms with van der Waals surface area (Å²) in [5, 5.41) is 12.7. The Labute approximate surface area is 265 Å². The van der Waals surface area contributed by atoms with Crippen molar-refractivity contribution in [3.8, 4) is 16.9 Å². The van der Waals surface area contributed by atoms with Crippen LogP contribution in [0.5, 0.6) is 5.75 Å². The van der Waals surface area contributed by atoms with Gasteiger partial charge in [-0.3, -0.25) is 0 Å². The zero-order chi connectivity index (χ0) is 27.6. The minimum atomic E-state index is -1.30. The van der Waals surface area contributed by atoms with Gasteiger partial charge in [0.1, 0.15) is 5.82 Å². The molecule has 0 unspecified atom stereocenters. The van der Waals surface area contributed by atoms with E-state index in [-0.39, 0.29) is 46.3 Å². The zero-order valence-corrected chi connectivity index (χ0v) is 28.0. The van der Waals surface area contributed by atoms with Crippen LogP contribution in [0.2, 0.25) is 0 Å². The summed E-state index contributed by atoms with van der Waals surface area (Å²) in [7, 11) is 0. The second kappa shape index (κ2) is 18.7. The third-order valence-corrected chi connectivity index (χ3v) is 7.55. The first kappa shape index (κ1) is 37.3. The van der Waals surface area contributed by atoms with Crippen molar-refractivity contribution >= 4 is 17.3 Å². The molecule has 0 aromatic heterocycles. The maximum atomic E-state index is 14.0. The van der Waals surface area contributed by atoms with Crippen LogP contribution in [0.1, 0.15) is 69.2 Å². The van der Waals surface area contributed by atoms with Gasteiger partial charge in [0.05, 0.1) is 11.7 Å². The molecule has 1 heterocycles. The van der Waals surface area contributed by atoms with Crippen molar-refractivity contribution in [2.24, 2.45) is 5.92 Å². The van der Waals surface area contributed by atoms with Gasteiger partial charge in [-0.1, -0.05) is 80.1 Å². The van der Waals surface area contributed by atoms with E-state index in [0.29, 0.717) is 16.9 Å². The second-order valence-electron chi connectivity index (χ2n) is 10.5. The number of nitrogens with one attached hydrogen (secondary N) is 1. The van der Waals surface area contributed by atoms with Crippen molar-refractivity contribution in [3.05, 3.63) is 93.0 Å². The van der Waals surface area contributed by atoms with E-state index >= 15 is 0 Å². The van der Waals surface area contributed by atoms with Crippen LogP contribution in [0, 0.1) is 32.7 Å². The largest absolute Gasteiger partial charge is 0.515 e. The number of hydrogen-bond acceptors (Lipinski definition) is 4. The number of benzene rings is 3. The Morgan fingerprint density at radius 2 is 1.69 bits per heavy atom. The number of piperidine rings is 1. The third-order valence-electron chi connectivity index (χ3n) is 7.55. The van der Waals surface area contributed by atoms with E-state index in [1.807, 2.05) is 36.4 Å². The van der Waals surface area contributed by atoms with Crippen LogP contribution in [0.25, 0.3) is 11.1 Å². The molecule has 3 aromatic carbocycles. The van der Waals surface area contributed by atoms with Gasteiger partial charge in [-0.2, -0.15) is 12.1 Å². The van der Waals surface area contributed by atoms with Crippen molar-refractivity contribution in [1.82, 2.24) is 5.32 Å². The van der Waals surface area contributed by atoms with Crippen LogP contribution in [-0.4, -0.2) is 36.8 Å². The minimum absolute atomic E-state index is 0. The van der Waals surface area contributed by atoms with E-state index in [1.54, 1.807) is 12.1 Å². The van der Waals surface area contributed by atoms with Gasteiger partial charge in [-0.05, 0) is 63.0 Å². The summed E-state index contributed by atoms with van der Waals surface area (Å²) >= 11 is 0. The standard InChI is InChI=1S/C26H26FN2O3.C7H14.2CH3.Os/c1-2-29(19-6-4-3-5-7-19)20-9-10-22(18-8-11-24(27)23(16-18)26(30)31)25(17-20)32-21-12-14-28-15-13-21;1-7-5-3-2-4-6-7;;;/h3-8,10-11,16-17,21,28H,2,12-15H2,1H3,(H,30,31);7H,2-6H2,1H3;2*1H3;/q-1;;2*-1;. The van der Waals surface area contributed by atoms with Crippen molar-refractivity contribution in [2.75, 3.05) is 24.5 Å². The molecule has 1 aliphatic carbocycles. The molecule has 0 atom stereocenters. The first-order chi connectivity index (χ1) is 19.0. The Bertz CT molecular complexity index is 1210. The molecule has 5 rings (SSSR count). The molecular weight excluding hydrogens is 706 g/mol. The van der Waals surface area contributed by atoms with Crippen molar-refractivity contribution in [2.45, 2.75) is 64.9 Å². The van der Waals surface area contributed by atoms with Crippen LogP contribution in [0.4, 0.5) is 15.8 Å². The maximum absolute atomic E-state index is 14.0. The number of nitrogens with zero attached hydrogens (tertiary/aromatic N) is 1. The number of hydrogen-bond donors (Lipinski definition) is 2. The van der Waals surface area contributed by atoms with E-state index in [9.17, 15) is 14.3 Å². The van der Waals surface area contributed by atoms with Gasteiger partial charge in [0.25, 0.3) is 0 Å². The molecule has 3 aromatic rings. The summed E-state index contributed by atoms with van der Waals surface area (Å²) in [5.74, 6) is -0.382. The second-order valence-corrected chi connectivity index (χ2v) is 10.5. The molecule has 42 heavy (non-hydrogen) atoms. The number of halogens is 1. The Balaban J connectivity index is 0.000000777. The normalized spacial score (nSPS) is 15.0. The van der Waals surface area contributed by atoms with Gasteiger partial charge >= 0.3 is 5.97 Å². The molecular formula is C35H46FN2O3Os-3. The molecule has 2 aliphatic rings. The van der Waals surface area contributed by atoms with E-state index in [4.69, 9.17) is 4.74 Å². The molecule has 0 radical (unpaired) electrons. The molecule has 0 amide bonds. The van der Waals surface area contributed by atoms with Crippen LogP contribution in [-0.2, 0) is 19.8 Å². The number of anilines is 2. The SMILES string of the molecule is CC1CCCCC1.CCN(c1[c-]cc(-c2ccc(F)c(C(=O)O)c2)c(OC2CCNCC2)c1)c1ccccc1.[CH3-].[CH3-].[Os]. The average Bonchev–Trinajstić information content (AvgIpc) is 2.96. The van der Waals surface area contributed by atoms with E-state index in [0.717, 1.165) is 49.8 Å². The Morgan fingerprint density at radius 3 is 2.26 bits per heavy atom. The number of aromatic carboxylic acids is 1. The fourth-order valence-corrected chi connectivity index (χ4v) is 5.30. The number of ether oxygens (including phenoxy) is 1. The Morgan fingerprint density at radius 1 is 1.02 bits per heavy atom. The first-order valence-electron chi connectivity index (χ1n) is 14.2. The van der Waals surface area contributed by atoms with Crippen LogP contribution < -0.4 is 15.0 Å². The quantitative estimate of drug-likeness (QED) is 0.237. The summed E-state index contributed by atoms with van der Waals surface area (Å²) in [6.07, 6.45) is 9.25. The molecule has 1 aliphatic heterocycles. The van der Waals surface area contributed by atoms with Crippen molar-refractivity contribution in [1.29, 1.82) is 0 Å². The molecule has 1 saturated carbocycles. The summed E-state index contributed by atoms with van der Waals surface area (Å²) in [6, 6.07) is 21.2. The molecule has 1 saturated heterocycles. The molecule has 0 bridgehead atoms. The summed E-state index contributed by atoms with van der Waals surface area (Å²) in [6.45, 7) is 6.94. The van der Waals surface area contributed by atoms with Gasteiger partial charge in [-0.25, -0.2) is 9.18 Å². The monoisotopic (exact) mass is 753 g/mol. The molecule has 0 spiro atoms. The Hall–Kier alpha value is -2.74. The average molecular weight is 752 g/mol. The molecule has 2 N–H and O–H groups in total. The molecule has 5 nitrogen and oxygen atoms in total. The number of carbonyl (C=O) groups is 1. The Kier molecular flexibility index (Phi) is 16.6. The zero-order valence-electron chi connectivity index (χ0n) is 25.4. The van der Waals surface area contributed by atoms with Gasteiger partial charge in [0.2, 0.25) is 0 Å². The van der Waals surface area contributed by atoms with Gasteiger partial charge < -0.3 is 34.9 Å². The van der Waals surface area contributed by atoms with Crippen LogP contribution in [0.3, 0.4) is 0 Å². The van der Waals surface area contributed by atoms with E-state index in [1.165, 1.54) is 44.2 Å². The van der Waals surface area contributed by atoms with Gasteiger partial charge in [0, 0.05) is 37.8 Å². The fraction of sp³-hybridized carbons (Fsp3) is 0.400. The molecule has 232 valence electrons. The summed E-state index contributed by atoms with van der Waals surface area (Å²) in [5.41, 5.74) is 2.81. The number of carboxylic acid groups (broad SMARTS) is 1. The molecule has 7 heteroatoms. The van der Waals surface area contributed by atoms with Gasteiger partial charge in [0.15, 0.2) is 0 Å². The predicted molar refractivity (Wildman–Crippen MR) is 168 cm³/mol. The first-order valence-corrected chi connectivity index (χ1v) is 14.2. The van der Waals surface area contributed by atoms with E-state index in [2.05, 4.69) is 30.1 Å². The van der Waals surface area contributed by atoms with Gasteiger partial charge in [-0.15, -0.1) is 6.07 Å². The predicted octanol–water partition coefficient (Wildman–Crippen LogP) is 8.76. The number of rotatable bonds is 7. The van der Waals surface area contributed by atoms with Crippen molar-refractivity contribution < 1.29 is 38.8 Å². The number of para-hydroxylation sites is 1. The third kappa shape index (κ3) is 10.2. The van der Waals surface area contributed by atoms with E-state index < -0.39 is 11.8 Å². The minimum Gasteiger partial charge on any atom is -0.515 e. The van der Waals surface area contributed by atoms with Crippen molar-refractivity contribution in [3.63, 3.8) is 0 Å². The number of carboxylic acids is 1. The fourth-order valence-electron chi connectivity index (χ4n) is 5.30. The van der Waals surface area contributed by atoms with Crippen LogP contribution >= 0.6 is 0 Å². The maximum Gasteiger partial charge on any atom is 0.338 e. The smallest absolute Gasteiger partial charge is 0.338 e. The topological polar surface area (TPSA) is 61.8 Å². The summed E-state index contributed by atoms with van der Waals surface area (Å²) in [4.78, 5) is 13.6.